The summed E-state index contributed by atoms with van der Waals surface area (Å²) in [6, 6.07) is 0. The Bertz CT molecular complexity index is 515. The zero-order chi connectivity index (χ0) is 18.1. The van der Waals surface area contributed by atoms with Crippen molar-refractivity contribution in [2.45, 2.75) is 73.6 Å². The highest BCUT2D eigenvalue weighted by Gasteiger charge is 2.20. The number of likely N-dealkylation sites (tertiary alicyclic amines) is 1. The Hall–Kier alpha value is -1.38. The van der Waals surface area contributed by atoms with Crippen molar-refractivity contribution in [1.82, 2.24) is 4.90 Å². The largest absolute Gasteiger partial charge is 0.356 e. The van der Waals surface area contributed by atoms with E-state index in [4.69, 9.17) is 4.99 Å². The molecule has 0 bridgehead atoms. The Labute approximate surface area is 149 Å². The molecule has 1 fully saturated rings. The fraction of sp³-hybridized carbons (Fsp3) is 0.714. The monoisotopic (exact) mass is 331 g/mol. The molecule has 0 N–H and O–H groups in total. The van der Waals surface area contributed by atoms with Crippen LogP contribution >= 0.6 is 0 Å². The number of hydrogen-bond donors (Lipinski definition) is 0. The number of hydrogen-bond acceptors (Lipinski definition) is 2. The van der Waals surface area contributed by atoms with Crippen LogP contribution in [-0.2, 0) is 0 Å². The molecule has 1 aliphatic heterocycles. The molecule has 0 saturated carbocycles. The summed E-state index contributed by atoms with van der Waals surface area (Å²) >= 11 is 0. The normalized spacial score (nSPS) is 17.6. The van der Waals surface area contributed by atoms with E-state index in [-0.39, 0.29) is 0 Å². The first kappa shape index (κ1) is 20.7. The van der Waals surface area contributed by atoms with Gasteiger partial charge in [-0.3, -0.25) is 4.99 Å². The number of amidine groups is 1. The lowest BCUT2D eigenvalue weighted by Gasteiger charge is -2.35. The minimum Gasteiger partial charge on any atom is -0.356 e. The van der Waals surface area contributed by atoms with E-state index in [1.165, 1.54) is 49.0 Å². The van der Waals surface area contributed by atoms with E-state index in [1.54, 1.807) is 0 Å². The van der Waals surface area contributed by atoms with Crippen molar-refractivity contribution in [2.75, 3.05) is 20.1 Å². The average Bonchev–Trinajstić information content (AvgIpc) is 2.49. The molecule has 0 spiro atoms. The minimum absolute atomic E-state index is 0.503. The smallest absolute Gasteiger partial charge is 0.131 e. The van der Waals surface area contributed by atoms with Gasteiger partial charge in [0.2, 0.25) is 0 Å². The zero-order valence-corrected chi connectivity index (χ0v) is 16.9. The molecule has 1 rings (SSSR count). The van der Waals surface area contributed by atoms with Gasteiger partial charge in [0, 0.05) is 31.5 Å². The third kappa shape index (κ3) is 6.26. The van der Waals surface area contributed by atoms with Crippen molar-refractivity contribution in [3.05, 3.63) is 22.9 Å². The molecule has 3 heteroatoms. The summed E-state index contributed by atoms with van der Waals surface area (Å²) in [6.07, 6.45) is 8.51. The van der Waals surface area contributed by atoms with Crippen LogP contribution in [0.1, 0.15) is 73.6 Å². The fourth-order valence-corrected chi connectivity index (χ4v) is 2.83. The van der Waals surface area contributed by atoms with E-state index in [0.717, 1.165) is 24.6 Å². The SMILES string of the molecule is CCCCCC(C)C(/C=C(\C)N=C(C(C)=C(C)C)N1CCC1)=NC. The number of rotatable bonds is 8. The molecule has 0 amide bonds. The summed E-state index contributed by atoms with van der Waals surface area (Å²) < 4.78 is 0. The van der Waals surface area contributed by atoms with Crippen molar-refractivity contribution < 1.29 is 0 Å². The molecular weight excluding hydrogens is 294 g/mol. The third-order valence-corrected chi connectivity index (χ3v) is 4.88. The Kier molecular flexibility index (Phi) is 9.02. The summed E-state index contributed by atoms with van der Waals surface area (Å²) in [5.41, 5.74) is 4.87. The second-order valence-corrected chi connectivity index (χ2v) is 7.23. The number of unbranched alkanes of at least 4 members (excludes halogenated alkanes) is 2. The van der Waals surface area contributed by atoms with E-state index in [2.05, 4.69) is 57.5 Å². The first-order valence-corrected chi connectivity index (χ1v) is 9.53. The fourth-order valence-electron chi connectivity index (χ4n) is 2.83. The molecule has 1 heterocycles. The molecule has 0 aromatic rings. The standard InChI is InChI=1S/C21H37N3/c1-8-9-10-12-17(4)20(22-7)15-18(5)23-21(19(6)16(2)3)24-13-11-14-24/h15,17H,8-14H2,1-7H3/b18-15+,22-20?,23-21?. The van der Waals surface area contributed by atoms with E-state index in [9.17, 15) is 0 Å². The van der Waals surface area contributed by atoms with Crippen LogP contribution in [0, 0.1) is 5.92 Å². The lowest BCUT2D eigenvalue weighted by Crippen LogP contribution is -2.42. The van der Waals surface area contributed by atoms with Crippen LogP contribution in [0.3, 0.4) is 0 Å². The average molecular weight is 332 g/mol. The Morgan fingerprint density at radius 3 is 2.25 bits per heavy atom. The van der Waals surface area contributed by atoms with Gasteiger partial charge in [0.15, 0.2) is 0 Å². The van der Waals surface area contributed by atoms with Crippen molar-refractivity contribution in [3.63, 3.8) is 0 Å². The maximum atomic E-state index is 4.95. The summed E-state index contributed by atoms with van der Waals surface area (Å²) in [5.74, 6) is 1.65. The highest BCUT2D eigenvalue weighted by atomic mass is 15.2. The number of aliphatic imine (C=N–C) groups is 2. The van der Waals surface area contributed by atoms with Gasteiger partial charge in [-0.1, -0.05) is 38.7 Å². The molecule has 1 aliphatic rings. The second-order valence-electron chi connectivity index (χ2n) is 7.23. The quantitative estimate of drug-likeness (QED) is 0.321. The molecule has 0 aliphatic carbocycles. The molecule has 0 radical (unpaired) electrons. The summed E-state index contributed by atoms with van der Waals surface area (Å²) in [4.78, 5) is 11.9. The molecule has 24 heavy (non-hydrogen) atoms. The lowest BCUT2D eigenvalue weighted by atomic mass is 9.97. The molecule has 0 aromatic heterocycles. The van der Waals surface area contributed by atoms with Gasteiger partial charge in [-0.2, -0.15) is 0 Å². The summed E-state index contributed by atoms with van der Waals surface area (Å²) in [5, 5.41) is 0. The van der Waals surface area contributed by atoms with E-state index in [0.29, 0.717) is 5.92 Å². The van der Waals surface area contributed by atoms with Crippen molar-refractivity contribution in [3.8, 4) is 0 Å². The summed E-state index contributed by atoms with van der Waals surface area (Å²) in [6.45, 7) is 15.4. The molecule has 0 aromatic carbocycles. The summed E-state index contributed by atoms with van der Waals surface area (Å²) in [7, 11) is 1.90. The van der Waals surface area contributed by atoms with Crippen LogP contribution in [0.5, 0.6) is 0 Å². The van der Waals surface area contributed by atoms with Gasteiger partial charge < -0.3 is 4.90 Å². The Morgan fingerprint density at radius 1 is 1.12 bits per heavy atom. The Balaban J connectivity index is 2.92. The lowest BCUT2D eigenvalue weighted by molar-refractivity contribution is 0.299. The zero-order valence-electron chi connectivity index (χ0n) is 16.9. The van der Waals surface area contributed by atoms with Gasteiger partial charge in [-0.25, -0.2) is 4.99 Å². The maximum Gasteiger partial charge on any atom is 0.131 e. The number of allylic oxidation sites excluding steroid dienone is 3. The predicted octanol–water partition coefficient (Wildman–Crippen LogP) is 5.64. The van der Waals surface area contributed by atoms with Crippen LogP contribution < -0.4 is 0 Å². The maximum absolute atomic E-state index is 4.95. The molecule has 1 atom stereocenters. The van der Waals surface area contributed by atoms with Gasteiger partial charge in [-0.15, -0.1) is 0 Å². The van der Waals surface area contributed by atoms with Gasteiger partial charge in [0.25, 0.3) is 0 Å². The Morgan fingerprint density at radius 2 is 1.79 bits per heavy atom. The van der Waals surface area contributed by atoms with Gasteiger partial charge >= 0.3 is 0 Å². The molecular formula is C21H37N3. The third-order valence-electron chi connectivity index (χ3n) is 4.88. The highest BCUT2D eigenvalue weighted by Crippen LogP contribution is 2.18. The van der Waals surface area contributed by atoms with Crippen LogP contribution in [0.15, 0.2) is 32.9 Å². The minimum atomic E-state index is 0.503. The first-order valence-electron chi connectivity index (χ1n) is 9.53. The molecule has 136 valence electrons. The van der Waals surface area contributed by atoms with Crippen molar-refractivity contribution >= 4 is 11.5 Å². The van der Waals surface area contributed by atoms with Crippen LogP contribution in [0.2, 0.25) is 0 Å². The van der Waals surface area contributed by atoms with Gasteiger partial charge in [0.05, 0.1) is 0 Å². The van der Waals surface area contributed by atoms with E-state index >= 15 is 0 Å². The van der Waals surface area contributed by atoms with Crippen LogP contribution in [0.25, 0.3) is 0 Å². The molecule has 3 nitrogen and oxygen atoms in total. The van der Waals surface area contributed by atoms with Crippen LogP contribution in [0.4, 0.5) is 0 Å². The topological polar surface area (TPSA) is 28.0 Å². The van der Waals surface area contributed by atoms with Crippen molar-refractivity contribution in [2.24, 2.45) is 15.9 Å². The molecule has 1 unspecified atom stereocenters. The second kappa shape index (κ2) is 10.5. The van der Waals surface area contributed by atoms with E-state index < -0.39 is 0 Å². The first-order chi connectivity index (χ1) is 11.4. The molecule has 1 saturated heterocycles. The van der Waals surface area contributed by atoms with Crippen molar-refractivity contribution in [1.29, 1.82) is 0 Å². The predicted molar refractivity (Wildman–Crippen MR) is 108 cm³/mol. The van der Waals surface area contributed by atoms with Gasteiger partial charge in [-0.05, 0) is 58.1 Å². The van der Waals surface area contributed by atoms with E-state index in [1.807, 2.05) is 7.05 Å². The number of nitrogens with zero attached hydrogens (tertiary/aromatic N) is 3. The van der Waals surface area contributed by atoms with Gasteiger partial charge in [0.1, 0.15) is 5.84 Å². The highest BCUT2D eigenvalue weighted by molar-refractivity contribution is 6.01. The van der Waals surface area contributed by atoms with Crippen LogP contribution in [-0.4, -0.2) is 36.6 Å².